The van der Waals surface area contributed by atoms with E-state index in [-0.39, 0.29) is 29.9 Å². The molecule has 112 valence electrons. The Hall–Kier alpha value is -2.15. The third-order valence-electron chi connectivity index (χ3n) is 4.33. The molecular weight excluding hydrogens is 272 g/mol. The van der Waals surface area contributed by atoms with Crippen LogP contribution in [0.15, 0.2) is 23.5 Å². The summed E-state index contributed by atoms with van der Waals surface area (Å²) in [7, 11) is 0. The normalized spacial score (nSPS) is 28.7. The molecule has 0 radical (unpaired) electrons. The summed E-state index contributed by atoms with van der Waals surface area (Å²) < 4.78 is 0. The van der Waals surface area contributed by atoms with Crippen LogP contribution in [0.2, 0.25) is 0 Å². The van der Waals surface area contributed by atoms with E-state index in [1.165, 1.54) is 6.20 Å². The lowest BCUT2D eigenvalue weighted by molar-refractivity contribution is 0.0282. The fourth-order valence-corrected chi connectivity index (χ4v) is 3.34. The van der Waals surface area contributed by atoms with Crippen molar-refractivity contribution in [1.29, 1.82) is 0 Å². The van der Waals surface area contributed by atoms with Gasteiger partial charge in [0.1, 0.15) is 5.69 Å². The van der Waals surface area contributed by atoms with E-state index in [2.05, 4.69) is 10.1 Å². The van der Waals surface area contributed by atoms with Crippen LogP contribution < -0.4 is 5.73 Å². The van der Waals surface area contributed by atoms with Gasteiger partial charge < -0.3 is 20.9 Å². The van der Waals surface area contributed by atoms with Gasteiger partial charge in [-0.15, -0.1) is 0 Å². The van der Waals surface area contributed by atoms with E-state index in [9.17, 15) is 9.90 Å². The molecule has 0 aliphatic carbocycles. The van der Waals surface area contributed by atoms with Gasteiger partial charge >= 0.3 is 0 Å². The van der Waals surface area contributed by atoms with Gasteiger partial charge in [0.15, 0.2) is 5.84 Å². The van der Waals surface area contributed by atoms with Gasteiger partial charge in [0.25, 0.3) is 5.91 Å². The second-order valence-electron chi connectivity index (χ2n) is 5.64. The number of amidine groups is 1. The first-order chi connectivity index (χ1) is 10.1. The number of oxime groups is 1. The maximum Gasteiger partial charge on any atom is 0.272 e. The van der Waals surface area contributed by atoms with Crippen LogP contribution in [0, 0.1) is 0 Å². The molecule has 0 saturated carbocycles. The SMILES string of the molecule is NC(=NO)c1ccc(C(=O)N2C3CCC2CC(O)C3)nc1. The Morgan fingerprint density at radius 2 is 2.00 bits per heavy atom. The zero-order valence-corrected chi connectivity index (χ0v) is 11.5. The molecule has 1 aromatic rings. The summed E-state index contributed by atoms with van der Waals surface area (Å²) in [5.74, 6) is -0.150. The molecule has 2 saturated heterocycles. The van der Waals surface area contributed by atoms with Gasteiger partial charge in [0, 0.05) is 23.8 Å². The number of aliphatic hydroxyl groups is 1. The zero-order valence-electron chi connectivity index (χ0n) is 11.5. The van der Waals surface area contributed by atoms with Crippen molar-refractivity contribution in [2.75, 3.05) is 0 Å². The Labute approximate surface area is 122 Å². The maximum atomic E-state index is 12.6. The molecule has 7 nitrogen and oxygen atoms in total. The first kappa shape index (κ1) is 13.8. The molecule has 2 unspecified atom stereocenters. The number of carbonyl (C=O) groups excluding carboxylic acids is 1. The molecule has 7 heteroatoms. The number of pyridine rings is 1. The van der Waals surface area contributed by atoms with E-state index in [1.54, 1.807) is 12.1 Å². The van der Waals surface area contributed by atoms with Gasteiger partial charge in [-0.2, -0.15) is 0 Å². The van der Waals surface area contributed by atoms with Crippen LogP contribution in [0.3, 0.4) is 0 Å². The zero-order chi connectivity index (χ0) is 15.0. The Morgan fingerprint density at radius 1 is 1.33 bits per heavy atom. The minimum absolute atomic E-state index is 0.0392. The summed E-state index contributed by atoms with van der Waals surface area (Å²) in [4.78, 5) is 18.6. The molecule has 1 aromatic heterocycles. The summed E-state index contributed by atoms with van der Waals surface area (Å²) in [5.41, 5.74) is 6.28. The molecule has 21 heavy (non-hydrogen) atoms. The first-order valence-electron chi connectivity index (χ1n) is 7.05. The van der Waals surface area contributed by atoms with Crippen LogP contribution in [-0.2, 0) is 0 Å². The largest absolute Gasteiger partial charge is 0.409 e. The van der Waals surface area contributed by atoms with Crippen molar-refractivity contribution in [3.05, 3.63) is 29.6 Å². The number of hydrogen-bond acceptors (Lipinski definition) is 5. The highest BCUT2D eigenvalue weighted by atomic mass is 16.4. The fraction of sp³-hybridized carbons (Fsp3) is 0.500. The number of rotatable bonds is 2. The molecule has 1 amide bonds. The van der Waals surface area contributed by atoms with Crippen LogP contribution in [-0.4, -0.2) is 50.1 Å². The number of nitrogens with zero attached hydrogens (tertiary/aromatic N) is 3. The molecular formula is C14H18N4O3. The van der Waals surface area contributed by atoms with Gasteiger partial charge in [0.2, 0.25) is 0 Å². The molecule has 4 N–H and O–H groups in total. The molecule has 2 bridgehead atoms. The van der Waals surface area contributed by atoms with E-state index in [0.717, 1.165) is 12.8 Å². The molecule has 2 atom stereocenters. The smallest absolute Gasteiger partial charge is 0.272 e. The van der Waals surface area contributed by atoms with E-state index in [1.807, 2.05) is 4.90 Å². The molecule has 3 heterocycles. The highest BCUT2D eigenvalue weighted by Crippen LogP contribution is 2.36. The first-order valence-corrected chi connectivity index (χ1v) is 7.05. The number of fused-ring (bicyclic) bond motifs is 2. The van der Waals surface area contributed by atoms with E-state index < -0.39 is 0 Å². The third-order valence-corrected chi connectivity index (χ3v) is 4.33. The van der Waals surface area contributed by atoms with Crippen molar-refractivity contribution in [1.82, 2.24) is 9.88 Å². The monoisotopic (exact) mass is 290 g/mol. The molecule has 3 rings (SSSR count). The third kappa shape index (κ3) is 2.44. The number of aromatic nitrogens is 1. The molecule has 0 aromatic carbocycles. The summed E-state index contributed by atoms with van der Waals surface area (Å²) >= 11 is 0. The molecule has 2 aliphatic rings. The number of aliphatic hydroxyl groups excluding tert-OH is 1. The number of piperidine rings is 1. The van der Waals surface area contributed by atoms with Crippen molar-refractivity contribution in [2.45, 2.75) is 43.9 Å². The Bertz CT molecular complexity index is 558. The number of nitrogens with two attached hydrogens (primary N) is 1. The standard InChI is InChI=1S/C14H18N4O3/c15-13(17-21)8-1-4-12(16-7-8)14(20)18-9-2-3-10(18)6-11(19)5-9/h1,4,7,9-11,19,21H,2-3,5-6H2,(H2,15,17). The van der Waals surface area contributed by atoms with Gasteiger partial charge in [-0.05, 0) is 37.8 Å². The number of carbonyl (C=O) groups is 1. The van der Waals surface area contributed by atoms with Crippen LogP contribution in [0.1, 0.15) is 41.7 Å². The summed E-state index contributed by atoms with van der Waals surface area (Å²) in [5, 5.41) is 21.3. The highest BCUT2D eigenvalue weighted by Gasteiger charge is 2.43. The quantitative estimate of drug-likeness (QED) is 0.314. The minimum atomic E-state index is -0.303. The number of amides is 1. The second kappa shape index (κ2) is 5.33. The average Bonchev–Trinajstić information content (AvgIpc) is 2.77. The van der Waals surface area contributed by atoms with Crippen molar-refractivity contribution in [2.24, 2.45) is 10.9 Å². The van der Waals surface area contributed by atoms with Crippen LogP contribution in [0.4, 0.5) is 0 Å². The fourth-order valence-electron chi connectivity index (χ4n) is 3.34. The van der Waals surface area contributed by atoms with Crippen LogP contribution >= 0.6 is 0 Å². The van der Waals surface area contributed by atoms with Crippen molar-refractivity contribution in [3.8, 4) is 0 Å². The lowest BCUT2D eigenvalue weighted by Crippen LogP contribution is -2.48. The topological polar surface area (TPSA) is 112 Å². The molecule has 2 aliphatic heterocycles. The van der Waals surface area contributed by atoms with E-state index in [4.69, 9.17) is 10.9 Å². The lowest BCUT2D eigenvalue weighted by atomic mass is 9.99. The average molecular weight is 290 g/mol. The number of hydrogen-bond donors (Lipinski definition) is 3. The molecule has 2 fully saturated rings. The van der Waals surface area contributed by atoms with Crippen LogP contribution in [0.5, 0.6) is 0 Å². The van der Waals surface area contributed by atoms with Gasteiger partial charge in [-0.1, -0.05) is 5.16 Å². The van der Waals surface area contributed by atoms with Crippen molar-refractivity contribution < 1.29 is 15.1 Å². The summed E-state index contributed by atoms with van der Waals surface area (Å²) in [6.45, 7) is 0. The van der Waals surface area contributed by atoms with Gasteiger partial charge in [0.05, 0.1) is 6.10 Å². The summed E-state index contributed by atoms with van der Waals surface area (Å²) in [6, 6.07) is 3.41. The summed E-state index contributed by atoms with van der Waals surface area (Å²) in [6.07, 6.45) is 4.28. The van der Waals surface area contributed by atoms with E-state index in [0.29, 0.717) is 24.1 Å². The van der Waals surface area contributed by atoms with Gasteiger partial charge in [-0.3, -0.25) is 9.78 Å². The predicted molar refractivity (Wildman–Crippen MR) is 75.0 cm³/mol. The molecule has 0 spiro atoms. The van der Waals surface area contributed by atoms with Crippen molar-refractivity contribution >= 4 is 11.7 Å². The van der Waals surface area contributed by atoms with Crippen LogP contribution in [0.25, 0.3) is 0 Å². The Balaban J connectivity index is 1.80. The van der Waals surface area contributed by atoms with Gasteiger partial charge in [-0.25, -0.2) is 0 Å². The second-order valence-corrected chi connectivity index (χ2v) is 5.64. The Morgan fingerprint density at radius 3 is 2.52 bits per heavy atom. The maximum absolute atomic E-state index is 12.6. The van der Waals surface area contributed by atoms with E-state index >= 15 is 0 Å². The lowest BCUT2D eigenvalue weighted by Gasteiger charge is -2.37. The minimum Gasteiger partial charge on any atom is -0.409 e. The van der Waals surface area contributed by atoms with Crippen molar-refractivity contribution in [3.63, 3.8) is 0 Å². The Kier molecular flexibility index (Phi) is 3.50. The predicted octanol–water partition coefficient (Wildman–Crippen LogP) is 0.304. The highest BCUT2D eigenvalue weighted by molar-refractivity contribution is 5.98.